The molecule has 0 spiro atoms. The number of carbonyl (C=O) groups is 1. The van der Waals surface area contributed by atoms with Crippen LogP contribution in [0.4, 0.5) is 9.18 Å². The molecular weight excluding hydrogens is 287 g/mol. The van der Waals surface area contributed by atoms with E-state index >= 15 is 0 Å². The average molecular weight is 312 g/mol. The van der Waals surface area contributed by atoms with Crippen molar-refractivity contribution in [3.63, 3.8) is 0 Å². The van der Waals surface area contributed by atoms with Crippen molar-refractivity contribution >= 4 is 6.03 Å². The van der Waals surface area contributed by atoms with Crippen LogP contribution < -0.4 is 15.4 Å². The van der Waals surface area contributed by atoms with Crippen molar-refractivity contribution in [2.24, 2.45) is 5.92 Å². The fraction of sp³-hybridized carbons (Fsp3) is 0.562. The van der Waals surface area contributed by atoms with E-state index in [0.29, 0.717) is 18.1 Å². The molecule has 6 heteroatoms. The van der Waals surface area contributed by atoms with Gasteiger partial charge in [-0.25, -0.2) is 9.18 Å². The first-order valence-electron chi connectivity index (χ1n) is 7.48. The molecule has 1 aromatic rings. The van der Waals surface area contributed by atoms with Gasteiger partial charge in [0.15, 0.2) is 0 Å². The smallest absolute Gasteiger partial charge is 0.315 e. The van der Waals surface area contributed by atoms with E-state index in [1.54, 1.807) is 19.1 Å². The first kappa shape index (κ1) is 18.2. The van der Waals surface area contributed by atoms with E-state index in [4.69, 9.17) is 4.74 Å². The normalized spacial score (nSPS) is 13.5. The van der Waals surface area contributed by atoms with Crippen molar-refractivity contribution in [1.29, 1.82) is 0 Å². The fourth-order valence-corrected chi connectivity index (χ4v) is 1.95. The van der Waals surface area contributed by atoms with Crippen molar-refractivity contribution in [1.82, 2.24) is 10.6 Å². The molecule has 0 saturated heterocycles. The fourth-order valence-electron chi connectivity index (χ4n) is 1.95. The van der Waals surface area contributed by atoms with Crippen LogP contribution in [0.25, 0.3) is 0 Å². The lowest BCUT2D eigenvalue weighted by Crippen LogP contribution is -2.43. The molecule has 5 nitrogen and oxygen atoms in total. The monoisotopic (exact) mass is 312 g/mol. The molecule has 2 atom stereocenters. The van der Waals surface area contributed by atoms with E-state index in [-0.39, 0.29) is 31.0 Å². The van der Waals surface area contributed by atoms with Crippen LogP contribution in [0.15, 0.2) is 24.3 Å². The lowest BCUT2D eigenvalue weighted by Gasteiger charge is -2.17. The average Bonchev–Trinajstić information content (AvgIpc) is 2.42. The van der Waals surface area contributed by atoms with Crippen LogP contribution in [0.3, 0.4) is 0 Å². The van der Waals surface area contributed by atoms with Gasteiger partial charge in [-0.15, -0.1) is 0 Å². The summed E-state index contributed by atoms with van der Waals surface area (Å²) in [7, 11) is 0. The maximum Gasteiger partial charge on any atom is 0.315 e. The molecule has 2 amide bonds. The molecule has 0 heterocycles. The van der Waals surface area contributed by atoms with Gasteiger partial charge in [0.05, 0.1) is 12.6 Å². The van der Waals surface area contributed by atoms with Gasteiger partial charge in [-0.3, -0.25) is 0 Å². The number of benzene rings is 1. The second kappa shape index (κ2) is 9.25. The largest absolute Gasteiger partial charge is 0.489 e. The molecule has 0 bridgehead atoms. The number of rotatable bonds is 8. The Hall–Kier alpha value is -1.82. The summed E-state index contributed by atoms with van der Waals surface area (Å²) in [4.78, 5) is 11.6. The second-order valence-electron chi connectivity index (χ2n) is 5.76. The second-order valence-corrected chi connectivity index (χ2v) is 5.76. The lowest BCUT2D eigenvalue weighted by atomic mass is 10.1. The van der Waals surface area contributed by atoms with Gasteiger partial charge in [0, 0.05) is 12.6 Å². The zero-order valence-electron chi connectivity index (χ0n) is 13.3. The van der Waals surface area contributed by atoms with Gasteiger partial charge in [0.25, 0.3) is 0 Å². The van der Waals surface area contributed by atoms with E-state index in [1.807, 2.05) is 13.8 Å². The third-order valence-electron chi connectivity index (χ3n) is 2.93. The van der Waals surface area contributed by atoms with E-state index in [0.717, 1.165) is 0 Å². The Morgan fingerprint density at radius 3 is 2.59 bits per heavy atom. The Morgan fingerprint density at radius 2 is 1.95 bits per heavy atom. The third-order valence-corrected chi connectivity index (χ3v) is 2.93. The summed E-state index contributed by atoms with van der Waals surface area (Å²) in [6.45, 7) is 6.29. The zero-order chi connectivity index (χ0) is 16.5. The summed E-state index contributed by atoms with van der Waals surface area (Å²) in [6, 6.07) is 5.48. The van der Waals surface area contributed by atoms with Gasteiger partial charge in [0.1, 0.15) is 17.7 Å². The molecule has 124 valence electrons. The number of aliphatic hydroxyl groups excluding tert-OH is 1. The van der Waals surface area contributed by atoms with Crippen LogP contribution in [0.5, 0.6) is 5.75 Å². The number of urea groups is 1. The lowest BCUT2D eigenvalue weighted by molar-refractivity contribution is 0.146. The van der Waals surface area contributed by atoms with E-state index in [2.05, 4.69) is 10.6 Å². The van der Waals surface area contributed by atoms with Gasteiger partial charge >= 0.3 is 6.03 Å². The molecule has 0 aromatic heterocycles. The number of hydrogen-bond acceptors (Lipinski definition) is 3. The minimum Gasteiger partial charge on any atom is -0.489 e. The quantitative estimate of drug-likeness (QED) is 0.690. The van der Waals surface area contributed by atoms with Crippen LogP contribution in [-0.2, 0) is 0 Å². The maximum absolute atomic E-state index is 13.0. The van der Waals surface area contributed by atoms with E-state index in [9.17, 15) is 14.3 Å². The highest BCUT2D eigenvalue weighted by atomic mass is 19.1. The van der Waals surface area contributed by atoms with Crippen molar-refractivity contribution in [2.45, 2.75) is 39.4 Å². The zero-order valence-corrected chi connectivity index (χ0v) is 13.3. The van der Waals surface area contributed by atoms with Crippen molar-refractivity contribution in [3.05, 3.63) is 30.1 Å². The minimum absolute atomic E-state index is 0.211. The summed E-state index contributed by atoms with van der Waals surface area (Å²) < 4.78 is 18.5. The van der Waals surface area contributed by atoms with Crippen LogP contribution >= 0.6 is 0 Å². The molecule has 3 N–H and O–H groups in total. The Balaban J connectivity index is 2.23. The summed E-state index contributed by atoms with van der Waals surface area (Å²) in [5.74, 6) is 0.427. The molecule has 0 fully saturated rings. The molecule has 0 aliphatic heterocycles. The third kappa shape index (κ3) is 7.83. The Kier molecular flexibility index (Phi) is 7.66. The summed E-state index contributed by atoms with van der Waals surface area (Å²) in [5, 5.41) is 14.9. The predicted molar refractivity (Wildman–Crippen MR) is 83.4 cm³/mol. The first-order chi connectivity index (χ1) is 10.4. The van der Waals surface area contributed by atoms with Crippen LogP contribution in [0.1, 0.15) is 27.2 Å². The topological polar surface area (TPSA) is 70.6 Å². The molecule has 1 rings (SSSR count). The number of hydrogen-bond donors (Lipinski definition) is 3. The van der Waals surface area contributed by atoms with Gasteiger partial charge in [-0.05, 0) is 31.4 Å². The van der Waals surface area contributed by atoms with Gasteiger partial charge < -0.3 is 20.5 Å². The van der Waals surface area contributed by atoms with Crippen molar-refractivity contribution < 1.29 is 19.0 Å². The van der Waals surface area contributed by atoms with Crippen molar-refractivity contribution in [3.8, 4) is 5.75 Å². The highest BCUT2D eigenvalue weighted by Gasteiger charge is 2.10. The highest BCUT2D eigenvalue weighted by Crippen LogP contribution is 2.13. The number of aliphatic hydroxyl groups is 1. The Labute approximate surface area is 130 Å². The molecule has 0 aliphatic rings. The molecule has 1 aromatic carbocycles. The molecular formula is C16H25FN2O3. The minimum atomic E-state index is -0.549. The van der Waals surface area contributed by atoms with Gasteiger partial charge in [-0.1, -0.05) is 19.9 Å². The van der Waals surface area contributed by atoms with Gasteiger partial charge in [-0.2, -0.15) is 0 Å². The highest BCUT2D eigenvalue weighted by molar-refractivity contribution is 5.73. The standard InChI is InChI=1S/C16H25FN2O3/c1-11(2)7-14(20)10-19-16(21)18-9-12(3)22-15-6-4-5-13(17)8-15/h4-6,8,11-12,14,20H,7,9-10H2,1-3H3,(H2,18,19,21). The van der Waals surface area contributed by atoms with E-state index in [1.165, 1.54) is 12.1 Å². The number of amides is 2. The van der Waals surface area contributed by atoms with Gasteiger partial charge in [0.2, 0.25) is 0 Å². The predicted octanol–water partition coefficient (Wildman–Crippen LogP) is 2.30. The van der Waals surface area contributed by atoms with Crippen LogP contribution in [0, 0.1) is 11.7 Å². The first-order valence-corrected chi connectivity index (χ1v) is 7.48. The maximum atomic E-state index is 13.0. The number of ether oxygens (including phenoxy) is 1. The molecule has 0 aliphatic carbocycles. The summed E-state index contributed by atoms with van der Waals surface area (Å²) in [6.07, 6.45) is -0.209. The van der Waals surface area contributed by atoms with Crippen LogP contribution in [-0.4, -0.2) is 36.4 Å². The molecule has 0 radical (unpaired) electrons. The number of carbonyl (C=O) groups excluding carboxylic acids is 1. The SMILES string of the molecule is CC(C)CC(O)CNC(=O)NCC(C)Oc1cccc(F)c1. The van der Waals surface area contributed by atoms with Crippen molar-refractivity contribution in [2.75, 3.05) is 13.1 Å². The molecule has 0 saturated carbocycles. The molecule has 2 unspecified atom stereocenters. The molecule has 22 heavy (non-hydrogen) atoms. The summed E-state index contributed by atoms with van der Waals surface area (Å²) in [5.41, 5.74) is 0. The number of halogens is 1. The van der Waals surface area contributed by atoms with Crippen LogP contribution in [0.2, 0.25) is 0 Å². The van der Waals surface area contributed by atoms with E-state index < -0.39 is 6.10 Å². The Morgan fingerprint density at radius 1 is 1.27 bits per heavy atom. The Bertz CT molecular complexity index is 468. The summed E-state index contributed by atoms with van der Waals surface area (Å²) >= 11 is 0. The number of nitrogens with one attached hydrogen (secondary N) is 2.